The van der Waals surface area contributed by atoms with Crippen molar-refractivity contribution in [2.24, 2.45) is 5.14 Å². The van der Waals surface area contributed by atoms with Gasteiger partial charge in [-0.2, -0.15) is 0 Å². The third-order valence-corrected chi connectivity index (χ3v) is 9.80. The van der Waals surface area contributed by atoms with Crippen LogP contribution in [0, 0.1) is 0 Å². The van der Waals surface area contributed by atoms with Gasteiger partial charge in [-0.05, 0) is 89.3 Å². The first-order chi connectivity index (χ1) is 24.0. The highest BCUT2D eigenvalue weighted by Crippen LogP contribution is 2.37. The Morgan fingerprint density at radius 3 is 1.82 bits per heavy atom. The van der Waals surface area contributed by atoms with Crippen molar-refractivity contribution in [1.29, 1.82) is 0 Å². The minimum atomic E-state index is -3.86. The van der Waals surface area contributed by atoms with Crippen LogP contribution in [-0.2, 0) is 19.6 Å². The monoisotopic (exact) mass is 704 g/mol. The lowest BCUT2D eigenvalue weighted by molar-refractivity contribution is -0.116. The maximum atomic E-state index is 13.6. The van der Waals surface area contributed by atoms with Crippen molar-refractivity contribution in [3.8, 4) is 0 Å². The van der Waals surface area contributed by atoms with E-state index in [9.17, 15) is 22.8 Å². The molecule has 11 heteroatoms. The Balaban J connectivity index is 1.32. The smallest absolute Gasteiger partial charge is 0.272 e. The van der Waals surface area contributed by atoms with Gasteiger partial charge in [0.25, 0.3) is 11.8 Å². The number of amides is 3. The summed E-state index contributed by atoms with van der Waals surface area (Å²) in [6, 6.07) is 38.4. The topological polar surface area (TPSA) is 147 Å². The fourth-order valence-corrected chi connectivity index (χ4v) is 6.41. The molecule has 0 bridgehead atoms. The summed E-state index contributed by atoms with van der Waals surface area (Å²) in [5.74, 6) is -0.878. The number of hydrogen-bond donors (Lipinski definition) is 4. The van der Waals surface area contributed by atoms with Crippen LogP contribution in [0.15, 0.2) is 149 Å². The molecular weight excluding hydrogens is 669 g/mol. The van der Waals surface area contributed by atoms with E-state index in [0.717, 1.165) is 21.6 Å². The highest BCUT2D eigenvalue weighted by Gasteiger charge is 2.23. The van der Waals surface area contributed by atoms with E-state index in [1.165, 1.54) is 36.0 Å². The molecule has 0 aliphatic carbocycles. The van der Waals surface area contributed by atoms with Crippen LogP contribution < -0.4 is 21.1 Å². The van der Waals surface area contributed by atoms with Gasteiger partial charge >= 0.3 is 0 Å². The van der Waals surface area contributed by atoms with Gasteiger partial charge in [0.05, 0.1) is 4.90 Å². The van der Waals surface area contributed by atoms with Gasteiger partial charge in [0.15, 0.2) is 0 Å². The molecule has 0 saturated carbocycles. The molecule has 0 aliphatic rings. The highest BCUT2D eigenvalue weighted by atomic mass is 32.2. The molecule has 0 heterocycles. The molecule has 0 spiro atoms. The second kappa shape index (κ2) is 16.3. The molecule has 50 heavy (non-hydrogen) atoms. The van der Waals surface area contributed by atoms with Crippen LogP contribution >= 0.6 is 11.8 Å². The summed E-state index contributed by atoms with van der Waals surface area (Å²) in [5.41, 5.74) is 4.08. The van der Waals surface area contributed by atoms with E-state index < -0.39 is 27.1 Å². The highest BCUT2D eigenvalue weighted by molar-refractivity contribution is 8.00. The van der Waals surface area contributed by atoms with E-state index in [1.807, 2.05) is 60.7 Å². The van der Waals surface area contributed by atoms with E-state index in [-0.39, 0.29) is 16.5 Å². The summed E-state index contributed by atoms with van der Waals surface area (Å²) in [4.78, 5) is 40.8. The number of primary sulfonamides is 1. The van der Waals surface area contributed by atoms with Crippen LogP contribution in [0.25, 0.3) is 6.08 Å². The Bertz CT molecular complexity index is 2080. The Morgan fingerprint density at radius 1 is 0.680 bits per heavy atom. The van der Waals surface area contributed by atoms with Crippen molar-refractivity contribution in [2.75, 3.05) is 10.6 Å². The minimum absolute atomic E-state index is 0.0573. The van der Waals surface area contributed by atoms with Crippen molar-refractivity contribution in [3.63, 3.8) is 0 Å². The lowest BCUT2D eigenvalue weighted by Crippen LogP contribution is -2.30. The van der Waals surface area contributed by atoms with Crippen molar-refractivity contribution in [2.45, 2.75) is 34.8 Å². The fourth-order valence-electron chi connectivity index (χ4n) is 4.87. The van der Waals surface area contributed by atoms with Crippen molar-refractivity contribution >= 4 is 57.0 Å². The van der Waals surface area contributed by atoms with Crippen LogP contribution in [0.3, 0.4) is 0 Å². The van der Waals surface area contributed by atoms with Crippen molar-refractivity contribution in [1.82, 2.24) is 5.32 Å². The number of benzene rings is 5. The van der Waals surface area contributed by atoms with E-state index in [1.54, 1.807) is 54.6 Å². The number of nitrogens with one attached hydrogen (secondary N) is 3. The molecular formula is C39H36N4O5S2. The Kier molecular flexibility index (Phi) is 11.7. The molecule has 0 radical (unpaired) electrons. The number of sulfonamides is 1. The SMILES string of the molecule is CC(C)c1ccc(/C=C(\NC(=O)c2ccccc2)C(=O)Nc2ccc(SC(C(=O)Nc3ccc(S(N)(=O)=O)cc3)c3ccccc3)cc2)cc1. The van der Waals surface area contributed by atoms with Crippen LogP contribution in [0.2, 0.25) is 0 Å². The number of rotatable bonds is 12. The zero-order valence-corrected chi connectivity index (χ0v) is 29.0. The second-order valence-corrected chi connectivity index (χ2v) is 14.4. The molecule has 5 N–H and O–H groups in total. The average molecular weight is 705 g/mol. The van der Waals surface area contributed by atoms with Gasteiger partial charge in [-0.1, -0.05) is 86.6 Å². The van der Waals surface area contributed by atoms with Gasteiger partial charge in [-0.25, -0.2) is 13.6 Å². The Morgan fingerprint density at radius 2 is 1.24 bits per heavy atom. The molecule has 0 aromatic heterocycles. The molecule has 3 amide bonds. The van der Waals surface area contributed by atoms with Crippen LogP contribution in [0.4, 0.5) is 11.4 Å². The standard InChI is InChI=1S/C39H36N4O5S2/c1-26(2)28-15-13-27(14-16-28)25-35(43-37(44)30-11-7-4-8-12-30)38(45)41-31-17-21-33(22-18-31)49-36(29-9-5-3-6-10-29)39(46)42-32-19-23-34(24-20-32)50(40,47)48/h3-26,36H,1-2H3,(H,41,45)(H,42,46)(H,43,44)(H2,40,47,48)/b35-25-. The van der Waals surface area contributed by atoms with Crippen LogP contribution in [-0.4, -0.2) is 26.1 Å². The number of carbonyl (C=O) groups is 3. The summed E-state index contributed by atoms with van der Waals surface area (Å²) in [6.07, 6.45) is 1.63. The molecule has 0 aliphatic heterocycles. The molecule has 5 aromatic rings. The van der Waals surface area contributed by atoms with Gasteiger partial charge in [0, 0.05) is 21.8 Å². The van der Waals surface area contributed by atoms with Crippen molar-refractivity contribution < 1.29 is 22.8 Å². The van der Waals surface area contributed by atoms with Gasteiger partial charge in [-0.15, -0.1) is 11.8 Å². The van der Waals surface area contributed by atoms with E-state index in [0.29, 0.717) is 22.9 Å². The van der Waals surface area contributed by atoms with Gasteiger partial charge in [0.2, 0.25) is 15.9 Å². The number of hydrogen-bond acceptors (Lipinski definition) is 6. The average Bonchev–Trinajstić information content (AvgIpc) is 3.11. The predicted molar refractivity (Wildman–Crippen MR) is 199 cm³/mol. The first kappa shape index (κ1) is 35.8. The maximum absolute atomic E-state index is 13.6. The first-order valence-electron chi connectivity index (χ1n) is 15.7. The van der Waals surface area contributed by atoms with Gasteiger partial charge in [-0.3, -0.25) is 14.4 Å². The predicted octanol–water partition coefficient (Wildman–Crippen LogP) is 7.34. The molecule has 1 unspecified atom stereocenters. The molecule has 5 aromatic carbocycles. The first-order valence-corrected chi connectivity index (χ1v) is 18.1. The normalized spacial score (nSPS) is 12.2. The summed E-state index contributed by atoms with van der Waals surface area (Å²) in [6.45, 7) is 4.20. The van der Waals surface area contributed by atoms with E-state index >= 15 is 0 Å². The summed E-state index contributed by atoms with van der Waals surface area (Å²) >= 11 is 1.31. The molecule has 254 valence electrons. The lowest BCUT2D eigenvalue weighted by atomic mass is 10.0. The zero-order valence-electron chi connectivity index (χ0n) is 27.4. The minimum Gasteiger partial charge on any atom is -0.325 e. The summed E-state index contributed by atoms with van der Waals surface area (Å²) in [7, 11) is -3.86. The lowest BCUT2D eigenvalue weighted by Gasteiger charge is -2.18. The largest absolute Gasteiger partial charge is 0.325 e. The molecule has 0 saturated heterocycles. The van der Waals surface area contributed by atoms with Crippen LogP contribution in [0.5, 0.6) is 0 Å². The molecule has 9 nitrogen and oxygen atoms in total. The van der Waals surface area contributed by atoms with E-state index in [2.05, 4.69) is 29.8 Å². The number of nitrogens with two attached hydrogens (primary N) is 1. The Labute approximate surface area is 296 Å². The number of thioether (sulfide) groups is 1. The zero-order chi connectivity index (χ0) is 35.7. The van der Waals surface area contributed by atoms with Crippen molar-refractivity contribution in [3.05, 3.63) is 161 Å². The molecule has 1 atom stereocenters. The third-order valence-electron chi connectivity index (χ3n) is 7.60. The summed E-state index contributed by atoms with van der Waals surface area (Å²) < 4.78 is 23.2. The Hall–Kier alpha value is -5.49. The van der Waals surface area contributed by atoms with Gasteiger partial charge < -0.3 is 16.0 Å². The molecule has 5 rings (SSSR count). The number of carbonyl (C=O) groups excluding carboxylic acids is 3. The maximum Gasteiger partial charge on any atom is 0.272 e. The molecule has 0 fully saturated rings. The summed E-state index contributed by atoms with van der Waals surface area (Å²) in [5, 5.41) is 13.0. The number of anilines is 2. The quantitative estimate of drug-likeness (QED) is 0.0790. The van der Waals surface area contributed by atoms with E-state index in [4.69, 9.17) is 5.14 Å². The third kappa shape index (κ3) is 9.79. The fraction of sp³-hybridized carbons (Fsp3) is 0.103. The second-order valence-electron chi connectivity index (χ2n) is 11.6. The van der Waals surface area contributed by atoms with Gasteiger partial charge in [0.1, 0.15) is 10.9 Å². The van der Waals surface area contributed by atoms with Crippen LogP contribution in [0.1, 0.15) is 52.1 Å².